The minimum Gasteiger partial charge on any atom is -0.385 e. The van der Waals surface area contributed by atoms with E-state index in [1.54, 1.807) is 0 Å². The summed E-state index contributed by atoms with van der Waals surface area (Å²) >= 11 is 0. The summed E-state index contributed by atoms with van der Waals surface area (Å²) in [7, 11) is 0. The normalized spacial score (nSPS) is 17.7. The maximum atomic E-state index is 9.97. The summed E-state index contributed by atoms with van der Waals surface area (Å²) < 4.78 is 0. The van der Waals surface area contributed by atoms with Crippen LogP contribution >= 0.6 is 0 Å². The molecule has 1 saturated carbocycles. The van der Waals surface area contributed by atoms with Gasteiger partial charge in [-0.1, -0.05) is 43.7 Å². The summed E-state index contributed by atoms with van der Waals surface area (Å²) in [6.45, 7) is 6.06. The maximum absolute atomic E-state index is 9.97. The molecule has 0 radical (unpaired) electrons. The Labute approximate surface area is 86.8 Å². The summed E-state index contributed by atoms with van der Waals surface area (Å²) in [5.74, 6) is 0. The van der Waals surface area contributed by atoms with E-state index in [9.17, 15) is 5.11 Å². The molecule has 0 bridgehead atoms. The van der Waals surface area contributed by atoms with Crippen molar-refractivity contribution in [2.24, 2.45) is 0 Å². The molecule has 0 heterocycles. The van der Waals surface area contributed by atoms with E-state index in [1.807, 2.05) is 26.0 Å². The SMILES string of the molecule is CC.Cc1ccc(C2(O)CCC2)cc1. The predicted molar refractivity (Wildman–Crippen MR) is 60.3 cm³/mol. The van der Waals surface area contributed by atoms with Crippen LogP contribution in [-0.4, -0.2) is 5.11 Å². The van der Waals surface area contributed by atoms with E-state index in [2.05, 4.69) is 19.1 Å². The van der Waals surface area contributed by atoms with Crippen LogP contribution in [0, 0.1) is 6.92 Å². The molecule has 0 unspecified atom stereocenters. The van der Waals surface area contributed by atoms with Gasteiger partial charge in [-0.3, -0.25) is 0 Å². The molecule has 0 amide bonds. The van der Waals surface area contributed by atoms with E-state index in [4.69, 9.17) is 0 Å². The fourth-order valence-corrected chi connectivity index (χ4v) is 1.66. The quantitative estimate of drug-likeness (QED) is 0.723. The highest BCUT2D eigenvalue weighted by atomic mass is 16.3. The van der Waals surface area contributed by atoms with Gasteiger partial charge in [-0.15, -0.1) is 0 Å². The molecular weight excluding hydrogens is 172 g/mol. The van der Waals surface area contributed by atoms with Crippen LogP contribution < -0.4 is 0 Å². The first-order chi connectivity index (χ1) is 6.71. The number of rotatable bonds is 1. The van der Waals surface area contributed by atoms with Crippen LogP contribution in [0.1, 0.15) is 44.2 Å². The second-order valence-electron chi connectivity index (χ2n) is 3.75. The molecular formula is C13H20O. The van der Waals surface area contributed by atoms with E-state index in [0.29, 0.717) is 0 Å². The molecule has 1 nitrogen and oxygen atoms in total. The van der Waals surface area contributed by atoms with Gasteiger partial charge in [0, 0.05) is 0 Å². The Morgan fingerprint density at radius 1 is 1.07 bits per heavy atom. The first-order valence-corrected chi connectivity index (χ1v) is 5.50. The summed E-state index contributed by atoms with van der Waals surface area (Å²) in [5, 5.41) is 9.97. The summed E-state index contributed by atoms with van der Waals surface area (Å²) in [6.07, 6.45) is 3.01. The fraction of sp³-hybridized carbons (Fsp3) is 0.538. The van der Waals surface area contributed by atoms with Gasteiger partial charge in [0.05, 0.1) is 5.60 Å². The lowest BCUT2D eigenvalue weighted by atomic mass is 9.75. The average Bonchev–Trinajstić information content (AvgIpc) is 2.19. The van der Waals surface area contributed by atoms with Crippen molar-refractivity contribution in [3.63, 3.8) is 0 Å². The second-order valence-corrected chi connectivity index (χ2v) is 3.75. The van der Waals surface area contributed by atoms with Crippen LogP contribution in [-0.2, 0) is 5.60 Å². The van der Waals surface area contributed by atoms with Crippen molar-refractivity contribution in [3.05, 3.63) is 35.4 Å². The molecule has 0 spiro atoms. The molecule has 0 aromatic heterocycles. The molecule has 1 N–H and O–H groups in total. The van der Waals surface area contributed by atoms with Crippen molar-refractivity contribution < 1.29 is 5.11 Å². The van der Waals surface area contributed by atoms with Gasteiger partial charge in [0.15, 0.2) is 0 Å². The van der Waals surface area contributed by atoms with Crippen LogP contribution in [0.15, 0.2) is 24.3 Å². The van der Waals surface area contributed by atoms with Crippen molar-refractivity contribution >= 4 is 0 Å². The Bertz CT molecular complexity index is 270. The number of aliphatic hydroxyl groups is 1. The van der Waals surface area contributed by atoms with Crippen LogP contribution in [0.3, 0.4) is 0 Å². The topological polar surface area (TPSA) is 20.2 Å². The van der Waals surface area contributed by atoms with E-state index < -0.39 is 5.60 Å². The number of aryl methyl sites for hydroxylation is 1. The van der Waals surface area contributed by atoms with Crippen molar-refractivity contribution in [2.45, 2.75) is 45.6 Å². The van der Waals surface area contributed by atoms with Crippen molar-refractivity contribution in [1.29, 1.82) is 0 Å². The van der Waals surface area contributed by atoms with Gasteiger partial charge in [-0.05, 0) is 31.7 Å². The third-order valence-electron chi connectivity index (χ3n) is 2.77. The molecule has 0 aliphatic heterocycles. The van der Waals surface area contributed by atoms with E-state index in [0.717, 1.165) is 24.8 Å². The molecule has 0 saturated heterocycles. The average molecular weight is 192 g/mol. The molecule has 14 heavy (non-hydrogen) atoms. The number of hydrogen-bond donors (Lipinski definition) is 1. The van der Waals surface area contributed by atoms with Gasteiger partial charge in [0.1, 0.15) is 0 Å². The zero-order valence-electron chi connectivity index (χ0n) is 9.38. The smallest absolute Gasteiger partial charge is 0.0896 e. The van der Waals surface area contributed by atoms with Gasteiger partial charge < -0.3 is 5.11 Å². The first kappa shape index (κ1) is 11.3. The van der Waals surface area contributed by atoms with Gasteiger partial charge >= 0.3 is 0 Å². The predicted octanol–water partition coefficient (Wildman–Crippen LogP) is 3.39. The van der Waals surface area contributed by atoms with Crippen molar-refractivity contribution in [2.75, 3.05) is 0 Å². The Morgan fingerprint density at radius 2 is 1.57 bits per heavy atom. The molecule has 2 rings (SSSR count). The first-order valence-electron chi connectivity index (χ1n) is 5.50. The van der Waals surface area contributed by atoms with Crippen molar-refractivity contribution in [3.8, 4) is 0 Å². The van der Waals surface area contributed by atoms with Gasteiger partial charge in [0.2, 0.25) is 0 Å². The zero-order chi connectivity index (χ0) is 10.6. The van der Waals surface area contributed by atoms with E-state index >= 15 is 0 Å². The third-order valence-corrected chi connectivity index (χ3v) is 2.77. The molecule has 1 heteroatoms. The van der Waals surface area contributed by atoms with Crippen LogP contribution in [0.2, 0.25) is 0 Å². The molecule has 1 aromatic carbocycles. The fourth-order valence-electron chi connectivity index (χ4n) is 1.66. The highest BCUT2D eigenvalue weighted by Crippen LogP contribution is 2.40. The highest BCUT2D eigenvalue weighted by Gasteiger charge is 2.35. The molecule has 1 aliphatic carbocycles. The Balaban J connectivity index is 0.000000461. The third kappa shape index (κ3) is 2.16. The van der Waals surface area contributed by atoms with Crippen LogP contribution in [0.5, 0.6) is 0 Å². The van der Waals surface area contributed by atoms with Crippen LogP contribution in [0.4, 0.5) is 0 Å². The minimum atomic E-state index is -0.492. The highest BCUT2D eigenvalue weighted by molar-refractivity contribution is 5.27. The van der Waals surface area contributed by atoms with E-state index in [1.165, 1.54) is 5.56 Å². The largest absolute Gasteiger partial charge is 0.385 e. The van der Waals surface area contributed by atoms with Gasteiger partial charge in [0.25, 0.3) is 0 Å². The lowest BCUT2D eigenvalue weighted by molar-refractivity contribution is -0.0387. The Hall–Kier alpha value is -0.820. The Kier molecular flexibility index (Phi) is 3.70. The molecule has 78 valence electrons. The number of benzene rings is 1. The molecule has 1 aromatic rings. The van der Waals surface area contributed by atoms with Crippen LogP contribution in [0.25, 0.3) is 0 Å². The minimum absolute atomic E-state index is 0.492. The number of hydrogen-bond acceptors (Lipinski definition) is 1. The summed E-state index contributed by atoms with van der Waals surface area (Å²) in [5.41, 5.74) is 1.84. The van der Waals surface area contributed by atoms with Gasteiger partial charge in [-0.2, -0.15) is 0 Å². The molecule has 1 aliphatic rings. The second kappa shape index (κ2) is 4.61. The van der Waals surface area contributed by atoms with Crippen molar-refractivity contribution in [1.82, 2.24) is 0 Å². The summed E-state index contributed by atoms with van der Waals surface area (Å²) in [4.78, 5) is 0. The lowest BCUT2D eigenvalue weighted by Gasteiger charge is -2.37. The standard InChI is InChI=1S/C11H14O.C2H6/c1-9-3-5-10(6-4-9)11(12)7-2-8-11;1-2/h3-6,12H,2,7-8H2,1H3;1-2H3. The Morgan fingerprint density at radius 3 is 1.93 bits per heavy atom. The summed E-state index contributed by atoms with van der Waals surface area (Å²) in [6, 6.07) is 8.19. The van der Waals surface area contributed by atoms with Gasteiger partial charge in [-0.25, -0.2) is 0 Å². The maximum Gasteiger partial charge on any atom is 0.0896 e. The van der Waals surface area contributed by atoms with E-state index in [-0.39, 0.29) is 0 Å². The zero-order valence-corrected chi connectivity index (χ0v) is 9.38. The molecule has 0 atom stereocenters. The lowest BCUT2D eigenvalue weighted by Crippen LogP contribution is -2.33. The monoisotopic (exact) mass is 192 g/mol. The molecule has 1 fully saturated rings.